The molecule has 0 aliphatic heterocycles. The van der Waals surface area contributed by atoms with Crippen LogP contribution in [0.1, 0.15) is 166 Å². The van der Waals surface area contributed by atoms with Gasteiger partial charge in [-0.2, -0.15) is 0 Å². The number of hydrogen-bond donors (Lipinski definition) is 0. The molecule has 1 aromatic rings. The summed E-state index contributed by atoms with van der Waals surface area (Å²) in [5.41, 5.74) is 1.04. The molecule has 0 unspecified atom stereocenters. The van der Waals surface area contributed by atoms with E-state index in [1.54, 1.807) is 0 Å². The van der Waals surface area contributed by atoms with Crippen molar-refractivity contribution >= 4 is 0 Å². The molecule has 0 radical (unpaired) electrons. The minimum Gasteiger partial charge on any atom is -0.489 e. The molecule has 0 bridgehead atoms. The van der Waals surface area contributed by atoms with Gasteiger partial charge in [0.2, 0.25) is 17.2 Å². The molecule has 0 aromatic heterocycles. The van der Waals surface area contributed by atoms with Crippen LogP contribution >= 0.6 is 0 Å². The van der Waals surface area contributed by atoms with E-state index in [4.69, 9.17) is 23.7 Å². The van der Waals surface area contributed by atoms with Gasteiger partial charge in [-0.1, -0.05) is 96.3 Å². The van der Waals surface area contributed by atoms with E-state index in [1.165, 1.54) is 161 Å². The lowest BCUT2D eigenvalue weighted by atomic mass is 9.90. The SMILES string of the molecule is Cc1c(OCC2CCCCC2)c(OCC2CCCCC2)c(OCC2CCCCC2)c(OCC2CCCCC2)c1OCC1CCCCC1. The molecule has 0 amide bonds. The molecule has 5 aliphatic rings. The molecule has 5 aliphatic carbocycles. The number of benzene rings is 1. The Labute approximate surface area is 287 Å². The Morgan fingerprint density at radius 2 is 0.489 bits per heavy atom. The summed E-state index contributed by atoms with van der Waals surface area (Å²) in [4.78, 5) is 0. The summed E-state index contributed by atoms with van der Waals surface area (Å²) >= 11 is 0. The Morgan fingerprint density at radius 3 is 0.723 bits per heavy atom. The van der Waals surface area contributed by atoms with Gasteiger partial charge in [-0.25, -0.2) is 0 Å². The standard InChI is InChI=1S/C42H68O5/c1-32-38(43-27-33-17-7-2-8-18-33)40(45-29-35-21-11-4-12-22-35)42(47-31-37-25-15-6-16-26-37)41(46-30-36-23-13-5-14-24-36)39(32)44-28-34-19-9-3-10-20-34/h33-37H,2-31H2,1H3. The number of rotatable bonds is 15. The van der Waals surface area contributed by atoms with Gasteiger partial charge in [0.05, 0.1) is 33.0 Å². The lowest BCUT2D eigenvalue weighted by molar-refractivity contribution is 0.144. The van der Waals surface area contributed by atoms with Gasteiger partial charge >= 0.3 is 0 Å². The molecule has 6 rings (SSSR count). The topological polar surface area (TPSA) is 46.2 Å². The van der Waals surface area contributed by atoms with Crippen molar-refractivity contribution in [2.24, 2.45) is 29.6 Å². The average Bonchev–Trinajstić information content (AvgIpc) is 3.14. The zero-order valence-electron chi connectivity index (χ0n) is 30.1. The predicted octanol–water partition coefficient (Wildman–Crippen LogP) is 11.8. The third kappa shape index (κ3) is 10.4. The van der Waals surface area contributed by atoms with E-state index < -0.39 is 0 Å². The van der Waals surface area contributed by atoms with E-state index in [0.717, 1.165) is 60.7 Å². The maximum Gasteiger partial charge on any atom is 0.211 e. The quantitative estimate of drug-likeness (QED) is 0.189. The summed E-state index contributed by atoms with van der Waals surface area (Å²) < 4.78 is 34.8. The van der Waals surface area contributed by atoms with Gasteiger partial charge in [0.25, 0.3) is 0 Å². The minimum absolute atomic E-state index is 0.584. The second-order valence-electron chi connectivity index (χ2n) is 16.3. The molecule has 5 heteroatoms. The fourth-order valence-electron chi connectivity index (χ4n) is 9.27. The highest BCUT2D eigenvalue weighted by Crippen LogP contribution is 2.55. The fraction of sp³-hybridized carbons (Fsp3) is 0.857. The second kappa shape index (κ2) is 18.8. The van der Waals surface area contributed by atoms with Crippen LogP contribution < -0.4 is 23.7 Å². The first-order chi connectivity index (χ1) is 23.2. The van der Waals surface area contributed by atoms with Crippen molar-refractivity contribution in [1.29, 1.82) is 0 Å². The summed E-state index contributed by atoms with van der Waals surface area (Å²) in [5, 5.41) is 0. The van der Waals surface area contributed by atoms with Gasteiger partial charge in [-0.15, -0.1) is 0 Å². The van der Waals surface area contributed by atoms with Gasteiger partial charge in [0, 0.05) is 5.56 Å². The number of hydrogen-bond acceptors (Lipinski definition) is 5. The molecule has 0 heterocycles. The highest BCUT2D eigenvalue weighted by atomic mass is 16.6. The Balaban J connectivity index is 1.35. The zero-order valence-corrected chi connectivity index (χ0v) is 30.1. The summed E-state index contributed by atoms with van der Waals surface area (Å²) in [6, 6.07) is 0. The molecule has 47 heavy (non-hydrogen) atoms. The van der Waals surface area contributed by atoms with Crippen LogP contribution in [0.5, 0.6) is 28.7 Å². The monoisotopic (exact) mass is 653 g/mol. The summed E-state index contributed by atoms with van der Waals surface area (Å²) in [6.45, 7) is 5.85. The highest BCUT2D eigenvalue weighted by molar-refractivity contribution is 5.70. The Kier molecular flexibility index (Phi) is 14.1. The maximum atomic E-state index is 7.00. The lowest BCUT2D eigenvalue weighted by Crippen LogP contribution is -2.22. The first-order valence-corrected chi connectivity index (χ1v) is 20.6. The van der Waals surface area contributed by atoms with Crippen molar-refractivity contribution in [2.75, 3.05) is 33.0 Å². The van der Waals surface area contributed by atoms with E-state index in [9.17, 15) is 0 Å². The molecule has 5 fully saturated rings. The first kappa shape index (κ1) is 35.1. The summed E-state index contributed by atoms with van der Waals surface area (Å²) in [7, 11) is 0. The first-order valence-electron chi connectivity index (χ1n) is 20.6. The van der Waals surface area contributed by atoms with Crippen LogP contribution in [0, 0.1) is 36.5 Å². The van der Waals surface area contributed by atoms with Gasteiger partial charge in [0.1, 0.15) is 0 Å². The predicted molar refractivity (Wildman–Crippen MR) is 192 cm³/mol. The Morgan fingerprint density at radius 1 is 0.298 bits per heavy atom. The van der Waals surface area contributed by atoms with Crippen LogP contribution in [0.3, 0.4) is 0 Å². The van der Waals surface area contributed by atoms with Crippen LogP contribution in [0.4, 0.5) is 0 Å². The van der Waals surface area contributed by atoms with Gasteiger partial charge in [-0.05, 0) is 101 Å². The minimum atomic E-state index is 0.584. The van der Waals surface area contributed by atoms with Crippen molar-refractivity contribution in [3.63, 3.8) is 0 Å². The molecule has 5 saturated carbocycles. The molecule has 0 spiro atoms. The maximum absolute atomic E-state index is 7.00. The van der Waals surface area contributed by atoms with Crippen molar-refractivity contribution in [1.82, 2.24) is 0 Å². The van der Waals surface area contributed by atoms with E-state index >= 15 is 0 Å². The largest absolute Gasteiger partial charge is 0.489 e. The van der Waals surface area contributed by atoms with Crippen LogP contribution in [-0.2, 0) is 0 Å². The fourth-order valence-corrected chi connectivity index (χ4v) is 9.27. The van der Waals surface area contributed by atoms with Crippen molar-refractivity contribution in [3.8, 4) is 28.7 Å². The molecule has 0 N–H and O–H groups in total. The smallest absolute Gasteiger partial charge is 0.211 e. The Hall–Kier alpha value is -1.78. The summed E-state index contributed by atoms with van der Waals surface area (Å²) in [6.07, 6.45) is 32.5. The van der Waals surface area contributed by atoms with E-state index in [0.29, 0.717) is 36.2 Å². The normalized spacial score (nSPS) is 23.0. The molecule has 0 saturated heterocycles. The summed E-state index contributed by atoms with van der Waals surface area (Å²) in [5.74, 6) is 7.05. The van der Waals surface area contributed by atoms with E-state index in [1.807, 2.05) is 0 Å². The molecule has 0 atom stereocenters. The van der Waals surface area contributed by atoms with Crippen LogP contribution in [0.15, 0.2) is 0 Å². The lowest BCUT2D eigenvalue weighted by Gasteiger charge is -2.30. The number of ether oxygens (including phenoxy) is 5. The molecule has 266 valence electrons. The van der Waals surface area contributed by atoms with Crippen molar-refractivity contribution < 1.29 is 23.7 Å². The van der Waals surface area contributed by atoms with Crippen molar-refractivity contribution in [3.05, 3.63) is 5.56 Å². The second-order valence-corrected chi connectivity index (χ2v) is 16.3. The van der Waals surface area contributed by atoms with Gasteiger partial charge in [0.15, 0.2) is 11.5 Å². The van der Waals surface area contributed by atoms with E-state index in [2.05, 4.69) is 6.92 Å². The van der Waals surface area contributed by atoms with Crippen LogP contribution in [0.25, 0.3) is 0 Å². The zero-order chi connectivity index (χ0) is 32.1. The third-order valence-corrected chi connectivity index (χ3v) is 12.4. The molecular formula is C42H68O5. The van der Waals surface area contributed by atoms with Gasteiger partial charge < -0.3 is 23.7 Å². The van der Waals surface area contributed by atoms with Crippen molar-refractivity contribution in [2.45, 2.75) is 167 Å². The molecule has 5 nitrogen and oxygen atoms in total. The average molecular weight is 653 g/mol. The van der Waals surface area contributed by atoms with E-state index in [-0.39, 0.29) is 0 Å². The Bertz CT molecular complexity index is 971. The van der Waals surface area contributed by atoms with Gasteiger partial charge in [-0.3, -0.25) is 0 Å². The highest BCUT2D eigenvalue weighted by Gasteiger charge is 2.32. The third-order valence-electron chi connectivity index (χ3n) is 12.4. The molecular weight excluding hydrogens is 584 g/mol. The van der Waals surface area contributed by atoms with Crippen LogP contribution in [-0.4, -0.2) is 33.0 Å². The van der Waals surface area contributed by atoms with Crippen LogP contribution in [0.2, 0.25) is 0 Å². The molecule has 1 aromatic carbocycles.